The highest BCUT2D eigenvalue weighted by atomic mass is 16.5. The zero-order valence-electron chi connectivity index (χ0n) is 19.7. The average Bonchev–Trinajstić information content (AvgIpc) is 3.25. The summed E-state index contributed by atoms with van der Waals surface area (Å²) in [4.78, 5) is 4.70. The molecular formula is C25H34N4O4. The number of aliphatic hydroxyl groups excluding tert-OH is 2. The van der Waals surface area contributed by atoms with E-state index in [4.69, 9.17) is 14.8 Å². The van der Waals surface area contributed by atoms with Gasteiger partial charge in [-0.05, 0) is 62.2 Å². The maximum absolute atomic E-state index is 10.6. The van der Waals surface area contributed by atoms with Gasteiger partial charge in [0, 0.05) is 36.2 Å². The number of aryl methyl sites for hydroxylation is 2. The lowest BCUT2D eigenvalue weighted by Crippen LogP contribution is -2.42. The third-order valence-corrected chi connectivity index (χ3v) is 5.79. The second-order valence-corrected chi connectivity index (χ2v) is 8.73. The first-order chi connectivity index (χ1) is 15.8. The number of rotatable bonds is 11. The number of β-amino-alcohol motifs (C(OH)–C–C–N with tert-alkyl or cyclic N) is 1. The van der Waals surface area contributed by atoms with E-state index in [1.807, 2.05) is 28.9 Å². The molecule has 1 unspecified atom stereocenters. The lowest BCUT2D eigenvalue weighted by molar-refractivity contribution is 0.157. The molecule has 2 aromatic carbocycles. The summed E-state index contributed by atoms with van der Waals surface area (Å²) in [7, 11) is 1.64. The van der Waals surface area contributed by atoms with Crippen LogP contribution in [0.25, 0.3) is 11.4 Å². The molecule has 8 nitrogen and oxygen atoms in total. The largest absolute Gasteiger partial charge is 0.508 e. The Balaban J connectivity index is 1.61. The highest BCUT2D eigenvalue weighted by molar-refractivity contribution is 5.55. The number of aromatic nitrogens is 3. The Hall–Kier alpha value is -2.94. The summed E-state index contributed by atoms with van der Waals surface area (Å²) in [6.07, 6.45) is 0.814. The predicted molar refractivity (Wildman–Crippen MR) is 127 cm³/mol. The number of benzene rings is 2. The molecule has 0 aliphatic rings. The second kappa shape index (κ2) is 10.8. The minimum absolute atomic E-state index is 0.0234. The molecule has 0 radical (unpaired) electrons. The van der Waals surface area contributed by atoms with Crippen molar-refractivity contribution in [3.8, 4) is 22.9 Å². The smallest absolute Gasteiger partial charge is 0.181 e. The normalized spacial score (nSPS) is 12.7. The quantitative estimate of drug-likeness (QED) is 0.352. The predicted octanol–water partition coefficient (Wildman–Crippen LogP) is 3.21. The van der Waals surface area contributed by atoms with Gasteiger partial charge in [-0.15, -0.1) is 0 Å². The zero-order chi connectivity index (χ0) is 24.0. The molecule has 4 N–H and O–H groups in total. The van der Waals surface area contributed by atoms with E-state index < -0.39 is 6.10 Å². The molecule has 0 amide bonds. The molecule has 0 bridgehead atoms. The monoisotopic (exact) mass is 454 g/mol. The van der Waals surface area contributed by atoms with E-state index in [0.717, 1.165) is 30.0 Å². The number of nitrogens with one attached hydrogen (secondary N) is 1. The molecule has 0 saturated carbocycles. The number of ether oxygens (including phenoxy) is 1. The lowest BCUT2D eigenvalue weighted by Gasteiger charge is -2.28. The minimum Gasteiger partial charge on any atom is -0.508 e. The molecule has 1 atom stereocenters. The Morgan fingerprint density at radius 1 is 1.15 bits per heavy atom. The van der Waals surface area contributed by atoms with Gasteiger partial charge in [0.1, 0.15) is 17.3 Å². The highest BCUT2D eigenvalue weighted by Crippen LogP contribution is 2.24. The standard InChI is InChI=1S/C25H34N4O4/c1-5-23-27-24(17-6-9-20(33-4)10-7-17)28-29(23)13-12-25(2,3)26-15-22(32)18-8-11-21(31)19(14-18)16-30/h6-11,14,22,26,30-32H,5,12-13,15-16H2,1-4H3. The van der Waals surface area contributed by atoms with Crippen molar-refractivity contribution in [2.24, 2.45) is 0 Å². The maximum Gasteiger partial charge on any atom is 0.181 e. The third kappa shape index (κ3) is 6.31. The van der Waals surface area contributed by atoms with Crippen LogP contribution in [0.1, 0.15) is 50.2 Å². The summed E-state index contributed by atoms with van der Waals surface area (Å²) in [5, 5.41) is 37.7. The Morgan fingerprint density at radius 2 is 1.88 bits per heavy atom. The van der Waals surface area contributed by atoms with Crippen molar-refractivity contribution < 1.29 is 20.1 Å². The second-order valence-electron chi connectivity index (χ2n) is 8.73. The SMILES string of the molecule is CCc1nc(-c2ccc(OC)cc2)nn1CCC(C)(C)NCC(O)c1ccc(O)c(CO)c1. The van der Waals surface area contributed by atoms with E-state index in [1.165, 1.54) is 6.07 Å². The first-order valence-electron chi connectivity index (χ1n) is 11.2. The summed E-state index contributed by atoms with van der Waals surface area (Å²) < 4.78 is 7.17. The molecule has 1 aromatic heterocycles. The van der Waals surface area contributed by atoms with Crippen molar-refractivity contribution in [2.45, 2.75) is 58.4 Å². The molecule has 0 aliphatic carbocycles. The van der Waals surface area contributed by atoms with Gasteiger partial charge in [0.25, 0.3) is 0 Å². The minimum atomic E-state index is -0.755. The number of methoxy groups -OCH3 is 1. The van der Waals surface area contributed by atoms with Crippen molar-refractivity contribution in [3.05, 3.63) is 59.4 Å². The van der Waals surface area contributed by atoms with Crippen molar-refractivity contribution in [1.82, 2.24) is 20.1 Å². The van der Waals surface area contributed by atoms with Crippen molar-refractivity contribution in [1.29, 1.82) is 0 Å². The Kier molecular flexibility index (Phi) is 8.07. The fourth-order valence-corrected chi connectivity index (χ4v) is 3.58. The van der Waals surface area contributed by atoms with Crippen molar-refractivity contribution in [2.75, 3.05) is 13.7 Å². The van der Waals surface area contributed by atoms with Crippen LogP contribution in [0.4, 0.5) is 0 Å². The molecule has 0 fully saturated rings. The summed E-state index contributed by atoms with van der Waals surface area (Å²) in [6, 6.07) is 12.5. The molecule has 178 valence electrons. The summed E-state index contributed by atoms with van der Waals surface area (Å²) in [6.45, 7) is 7.00. The first-order valence-corrected chi connectivity index (χ1v) is 11.2. The Bertz CT molecular complexity index is 1050. The van der Waals surface area contributed by atoms with Crippen LogP contribution < -0.4 is 10.1 Å². The first kappa shape index (κ1) is 24.7. The van der Waals surface area contributed by atoms with E-state index in [2.05, 4.69) is 26.1 Å². The Morgan fingerprint density at radius 3 is 2.52 bits per heavy atom. The topological polar surface area (TPSA) is 113 Å². The molecule has 1 heterocycles. The van der Waals surface area contributed by atoms with E-state index in [-0.39, 0.29) is 17.9 Å². The maximum atomic E-state index is 10.6. The van der Waals surface area contributed by atoms with Gasteiger partial charge in [-0.3, -0.25) is 0 Å². The van der Waals surface area contributed by atoms with Crippen molar-refractivity contribution >= 4 is 0 Å². The summed E-state index contributed by atoms with van der Waals surface area (Å²) in [5.74, 6) is 2.44. The molecule has 0 saturated heterocycles. The number of nitrogens with zero attached hydrogens (tertiary/aromatic N) is 3. The Labute approximate surface area is 194 Å². The number of aliphatic hydroxyl groups is 2. The highest BCUT2D eigenvalue weighted by Gasteiger charge is 2.21. The third-order valence-electron chi connectivity index (χ3n) is 5.79. The molecule has 0 spiro atoms. The summed E-state index contributed by atoms with van der Waals surface area (Å²) >= 11 is 0. The number of phenols is 1. The van der Waals surface area contributed by atoms with Gasteiger partial charge in [0.2, 0.25) is 0 Å². The number of hydrogen-bond donors (Lipinski definition) is 4. The van der Waals surface area contributed by atoms with Gasteiger partial charge >= 0.3 is 0 Å². The van der Waals surface area contributed by atoms with Gasteiger partial charge in [-0.25, -0.2) is 9.67 Å². The molecule has 33 heavy (non-hydrogen) atoms. The van der Waals surface area contributed by atoms with Crippen LogP contribution in [0.3, 0.4) is 0 Å². The number of hydrogen-bond acceptors (Lipinski definition) is 7. The van der Waals surface area contributed by atoms with Gasteiger partial charge in [0.15, 0.2) is 5.82 Å². The van der Waals surface area contributed by atoms with Crippen LogP contribution in [-0.2, 0) is 19.6 Å². The van der Waals surface area contributed by atoms with Crippen LogP contribution in [0.15, 0.2) is 42.5 Å². The van der Waals surface area contributed by atoms with Gasteiger partial charge in [-0.2, -0.15) is 5.10 Å². The molecule has 3 aromatic rings. The van der Waals surface area contributed by atoms with E-state index in [0.29, 0.717) is 30.0 Å². The zero-order valence-corrected chi connectivity index (χ0v) is 19.7. The van der Waals surface area contributed by atoms with E-state index in [1.54, 1.807) is 19.2 Å². The van der Waals surface area contributed by atoms with Gasteiger partial charge in [-0.1, -0.05) is 13.0 Å². The van der Waals surface area contributed by atoms with Crippen LogP contribution in [-0.4, -0.2) is 49.3 Å². The summed E-state index contributed by atoms with van der Waals surface area (Å²) in [5.41, 5.74) is 1.74. The van der Waals surface area contributed by atoms with Crippen LogP contribution in [0.5, 0.6) is 11.5 Å². The average molecular weight is 455 g/mol. The molecule has 8 heteroatoms. The lowest BCUT2D eigenvalue weighted by atomic mass is 9.99. The molecular weight excluding hydrogens is 420 g/mol. The van der Waals surface area contributed by atoms with E-state index in [9.17, 15) is 15.3 Å². The fourth-order valence-electron chi connectivity index (χ4n) is 3.58. The van der Waals surface area contributed by atoms with E-state index >= 15 is 0 Å². The van der Waals surface area contributed by atoms with Gasteiger partial charge in [0.05, 0.1) is 19.8 Å². The van der Waals surface area contributed by atoms with Gasteiger partial charge < -0.3 is 25.4 Å². The molecule has 0 aliphatic heterocycles. The van der Waals surface area contributed by atoms with Crippen LogP contribution >= 0.6 is 0 Å². The molecule has 3 rings (SSSR count). The fraction of sp³-hybridized carbons (Fsp3) is 0.440. The number of aromatic hydroxyl groups is 1. The van der Waals surface area contributed by atoms with Crippen LogP contribution in [0.2, 0.25) is 0 Å². The van der Waals surface area contributed by atoms with Crippen LogP contribution in [0, 0.1) is 0 Å². The van der Waals surface area contributed by atoms with Crippen molar-refractivity contribution in [3.63, 3.8) is 0 Å².